The van der Waals surface area contributed by atoms with Crippen molar-refractivity contribution >= 4 is 27.6 Å². The maximum absolute atomic E-state index is 12.0. The van der Waals surface area contributed by atoms with Crippen LogP contribution in [0.25, 0.3) is 0 Å². The molecule has 1 aliphatic carbocycles. The molecule has 2 aromatic rings. The molecule has 0 saturated carbocycles. The second-order valence-corrected chi connectivity index (χ2v) is 8.76. The Labute approximate surface area is 159 Å². The van der Waals surface area contributed by atoms with Gasteiger partial charge in [-0.25, -0.2) is 0 Å². The molecule has 2 aromatic carbocycles. The molecule has 0 unspecified atom stereocenters. The molecule has 2 aliphatic rings. The average molecular weight is 386 g/mol. The summed E-state index contributed by atoms with van der Waals surface area (Å²) in [7, 11) is -0.579. The summed E-state index contributed by atoms with van der Waals surface area (Å²) in [6.07, 6.45) is 2.06. The van der Waals surface area contributed by atoms with Gasteiger partial charge in [-0.05, 0) is 42.2 Å². The molecule has 1 atom stereocenters. The van der Waals surface area contributed by atoms with Crippen molar-refractivity contribution < 1.29 is 13.2 Å². The van der Waals surface area contributed by atoms with Crippen molar-refractivity contribution in [2.75, 3.05) is 18.8 Å². The highest BCUT2D eigenvalue weighted by Gasteiger charge is 2.25. The van der Waals surface area contributed by atoms with E-state index in [1.165, 1.54) is 25.2 Å². The van der Waals surface area contributed by atoms with Crippen molar-refractivity contribution in [2.45, 2.75) is 25.5 Å². The van der Waals surface area contributed by atoms with Gasteiger partial charge in [0.25, 0.3) is 6.02 Å². The Kier molecular flexibility index (Phi) is 4.53. The third-order valence-corrected chi connectivity index (χ3v) is 6.28. The molecule has 8 heteroatoms. The third-order valence-electron chi connectivity index (χ3n) is 4.82. The van der Waals surface area contributed by atoms with Gasteiger partial charge in [0.2, 0.25) is 0 Å². The number of aryl methyl sites for hydroxylation is 1. The van der Waals surface area contributed by atoms with Crippen molar-refractivity contribution in [1.29, 1.82) is 0 Å². The van der Waals surface area contributed by atoms with Gasteiger partial charge in [-0.2, -0.15) is 17.7 Å². The predicted octanol–water partition coefficient (Wildman–Crippen LogP) is 2.70. The van der Waals surface area contributed by atoms with Crippen LogP contribution in [-0.4, -0.2) is 32.8 Å². The van der Waals surface area contributed by atoms with Gasteiger partial charge in [-0.1, -0.05) is 24.3 Å². The number of hydrogen-bond donors (Lipinski definition) is 2. The van der Waals surface area contributed by atoms with E-state index in [2.05, 4.69) is 33.2 Å². The van der Waals surface area contributed by atoms with E-state index in [1.807, 2.05) is 6.07 Å². The second-order valence-electron chi connectivity index (χ2n) is 6.87. The molecule has 0 radical (unpaired) electrons. The lowest BCUT2D eigenvalue weighted by atomic mass is 10.1. The highest BCUT2D eigenvalue weighted by molar-refractivity contribution is 7.90. The molecular formula is C19H22N4O3S. The molecule has 4 rings (SSSR count). The first-order chi connectivity index (χ1) is 12.9. The van der Waals surface area contributed by atoms with Crippen LogP contribution in [0.5, 0.6) is 0 Å². The lowest BCUT2D eigenvalue weighted by Crippen LogP contribution is -2.31. The lowest BCUT2D eigenvalue weighted by molar-refractivity contribution is 0.266. The largest absolute Gasteiger partial charge is 0.460 e. The van der Waals surface area contributed by atoms with E-state index in [9.17, 15) is 8.42 Å². The highest BCUT2D eigenvalue weighted by Crippen LogP contribution is 2.32. The first kappa shape index (κ1) is 17.8. The van der Waals surface area contributed by atoms with Crippen molar-refractivity contribution in [3.63, 3.8) is 0 Å². The SMILES string of the molecule is CN(C)S(=O)(=O)Nc1ccc2c(c1)COC(N[C@@H]1CCc3ccccc31)=N2. The Balaban J connectivity index is 1.51. The molecule has 0 amide bonds. The van der Waals surface area contributed by atoms with E-state index < -0.39 is 10.2 Å². The van der Waals surface area contributed by atoms with Crippen molar-refractivity contribution in [1.82, 2.24) is 9.62 Å². The molecule has 142 valence electrons. The molecule has 0 spiro atoms. The van der Waals surface area contributed by atoms with Crippen LogP contribution in [0.2, 0.25) is 0 Å². The Bertz CT molecular complexity index is 1000. The van der Waals surface area contributed by atoms with Crippen LogP contribution in [0, 0.1) is 0 Å². The smallest absolute Gasteiger partial charge is 0.301 e. The fraction of sp³-hybridized carbons (Fsp3) is 0.316. The molecular weight excluding hydrogens is 364 g/mol. The fourth-order valence-corrected chi connectivity index (χ4v) is 3.94. The maximum atomic E-state index is 12.0. The molecule has 0 fully saturated rings. The van der Waals surface area contributed by atoms with Gasteiger partial charge in [0.15, 0.2) is 0 Å². The Hall–Kier alpha value is -2.58. The molecule has 1 heterocycles. The van der Waals surface area contributed by atoms with Crippen LogP contribution in [0.15, 0.2) is 47.5 Å². The highest BCUT2D eigenvalue weighted by atomic mass is 32.2. The van der Waals surface area contributed by atoms with E-state index >= 15 is 0 Å². The summed E-state index contributed by atoms with van der Waals surface area (Å²) in [5.74, 6) is 0. The van der Waals surface area contributed by atoms with Crippen LogP contribution >= 0.6 is 0 Å². The summed E-state index contributed by atoms with van der Waals surface area (Å²) in [6, 6.07) is 14.4. The molecule has 7 nitrogen and oxygen atoms in total. The number of aliphatic imine (C=N–C) groups is 1. The van der Waals surface area contributed by atoms with Gasteiger partial charge in [0, 0.05) is 19.7 Å². The molecule has 0 bridgehead atoms. The van der Waals surface area contributed by atoms with E-state index in [1.54, 1.807) is 18.2 Å². The van der Waals surface area contributed by atoms with Crippen LogP contribution < -0.4 is 10.0 Å². The summed E-state index contributed by atoms with van der Waals surface area (Å²) in [5, 5.41) is 3.39. The van der Waals surface area contributed by atoms with Gasteiger partial charge in [0.1, 0.15) is 6.61 Å². The number of fused-ring (bicyclic) bond motifs is 2. The zero-order chi connectivity index (χ0) is 19.0. The summed E-state index contributed by atoms with van der Waals surface area (Å²) in [4.78, 5) is 4.55. The first-order valence-corrected chi connectivity index (χ1v) is 10.3. The fourth-order valence-electron chi connectivity index (χ4n) is 3.33. The van der Waals surface area contributed by atoms with Crippen LogP contribution in [0.1, 0.15) is 29.2 Å². The quantitative estimate of drug-likeness (QED) is 0.846. The van der Waals surface area contributed by atoms with Crippen molar-refractivity contribution in [3.05, 3.63) is 59.2 Å². The number of hydrogen-bond acceptors (Lipinski definition) is 5. The molecule has 1 aliphatic heterocycles. The van der Waals surface area contributed by atoms with Gasteiger partial charge >= 0.3 is 10.2 Å². The topological polar surface area (TPSA) is 83.0 Å². The molecule has 2 N–H and O–H groups in total. The maximum Gasteiger partial charge on any atom is 0.301 e. The number of anilines is 1. The minimum atomic E-state index is -3.54. The first-order valence-electron chi connectivity index (χ1n) is 8.81. The standard InChI is InChI=1S/C19H22N4O3S/c1-23(2)27(24,25)22-15-8-10-17-14(11-15)12-26-19(20-17)21-18-9-7-13-5-3-4-6-16(13)18/h3-6,8,10-11,18,22H,7,9,12H2,1-2H3,(H,20,21)/t18-/m1/s1. The summed E-state index contributed by atoms with van der Waals surface area (Å²) >= 11 is 0. The van der Waals surface area contributed by atoms with E-state index in [0.717, 1.165) is 28.4 Å². The molecule has 0 aromatic heterocycles. The molecule has 0 saturated heterocycles. The second kappa shape index (κ2) is 6.86. The zero-order valence-electron chi connectivity index (χ0n) is 15.3. The van der Waals surface area contributed by atoms with Gasteiger partial charge in [-0.15, -0.1) is 0 Å². The van der Waals surface area contributed by atoms with Crippen molar-refractivity contribution in [3.8, 4) is 0 Å². The number of nitrogens with one attached hydrogen (secondary N) is 2. The van der Waals surface area contributed by atoms with Crippen LogP contribution in [0.3, 0.4) is 0 Å². The summed E-state index contributed by atoms with van der Waals surface area (Å²) in [5.41, 5.74) is 4.77. The normalized spacial score (nSPS) is 18.3. The van der Waals surface area contributed by atoms with Gasteiger partial charge in [0.05, 0.1) is 17.4 Å². The van der Waals surface area contributed by atoms with Gasteiger partial charge < -0.3 is 10.1 Å². The minimum absolute atomic E-state index is 0.202. The number of nitrogens with zero attached hydrogens (tertiary/aromatic N) is 2. The van der Waals surface area contributed by atoms with E-state index in [0.29, 0.717) is 18.3 Å². The predicted molar refractivity (Wildman–Crippen MR) is 105 cm³/mol. The Morgan fingerprint density at radius 2 is 1.96 bits per heavy atom. The third kappa shape index (κ3) is 3.63. The summed E-state index contributed by atoms with van der Waals surface area (Å²) < 4.78 is 33.3. The Morgan fingerprint density at radius 1 is 1.15 bits per heavy atom. The Morgan fingerprint density at radius 3 is 2.78 bits per heavy atom. The van der Waals surface area contributed by atoms with Crippen LogP contribution in [0.4, 0.5) is 11.4 Å². The van der Waals surface area contributed by atoms with E-state index in [4.69, 9.17) is 4.74 Å². The zero-order valence-corrected chi connectivity index (χ0v) is 16.1. The summed E-state index contributed by atoms with van der Waals surface area (Å²) in [6.45, 7) is 0.340. The number of amidine groups is 1. The minimum Gasteiger partial charge on any atom is -0.460 e. The van der Waals surface area contributed by atoms with Crippen LogP contribution in [-0.2, 0) is 28.0 Å². The number of ether oxygens (including phenoxy) is 1. The monoisotopic (exact) mass is 386 g/mol. The number of rotatable bonds is 4. The average Bonchev–Trinajstić information content (AvgIpc) is 3.04. The van der Waals surface area contributed by atoms with E-state index in [-0.39, 0.29) is 6.04 Å². The van der Waals surface area contributed by atoms with Gasteiger partial charge in [-0.3, -0.25) is 4.72 Å². The molecule has 27 heavy (non-hydrogen) atoms. The number of benzene rings is 2. The van der Waals surface area contributed by atoms with Crippen molar-refractivity contribution in [2.24, 2.45) is 4.99 Å². The lowest BCUT2D eigenvalue weighted by Gasteiger charge is -2.22.